The lowest BCUT2D eigenvalue weighted by Gasteiger charge is -2.56. The molecule has 6 nitrogen and oxygen atoms in total. The first-order chi connectivity index (χ1) is 19.7. The summed E-state index contributed by atoms with van der Waals surface area (Å²) in [5.74, 6) is 0. The van der Waals surface area contributed by atoms with Gasteiger partial charge in [-0.15, -0.1) is 10.2 Å². The van der Waals surface area contributed by atoms with Gasteiger partial charge >= 0.3 is 0 Å². The molecule has 2 bridgehead atoms. The second-order valence-electron chi connectivity index (χ2n) is 11.7. The summed E-state index contributed by atoms with van der Waals surface area (Å²) in [6.45, 7) is 3.93. The Balaban J connectivity index is 1.06. The van der Waals surface area contributed by atoms with Crippen LogP contribution in [0.4, 0.5) is 0 Å². The summed E-state index contributed by atoms with van der Waals surface area (Å²) in [4.78, 5) is 10.7. The third-order valence-electron chi connectivity index (χ3n) is 9.34. The van der Waals surface area contributed by atoms with Gasteiger partial charge in [-0.25, -0.2) is 0 Å². The molecule has 40 heavy (non-hydrogen) atoms. The standard InChI is InChI=1S/C34H33N5O/c1-21-3-2-14-35-33(21)24-7-5-23(6-8-24)31-18-36-34-30(31)17-32(37-38-34)26-9-4-22-10-12-27(13-11-25(22)15-26)39-28-16-29(39)20-40-19-28/h2-9,14-15,17-18,27-29H,10-13,16,19-20H2,1H3,(H,36,38)/t27-,28?,29?/m0/s1. The average Bonchev–Trinajstić information content (AvgIpc) is 3.32. The maximum absolute atomic E-state index is 5.74. The number of pyridine rings is 1. The third kappa shape index (κ3) is 4.05. The predicted molar refractivity (Wildman–Crippen MR) is 158 cm³/mol. The smallest absolute Gasteiger partial charge is 0.160 e. The Labute approximate surface area is 234 Å². The number of nitrogens with one attached hydrogen (secondary N) is 1. The van der Waals surface area contributed by atoms with Crippen molar-refractivity contribution in [1.82, 2.24) is 25.1 Å². The maximum Gasteiger partial charge on any atom is 0.160 e. The van der Waals surface area contributed by atoms with Gasteiger partial charge in [0.15, 0.2) is 5.65 Å². The van der Waals surface area contributed by atoms with Crippen LogP contribution in [0, 0.1) is 6.92 Å². The van der Waals surface area contributed by atoms with E-state index >= 15 is 0 Å². The molecule has 3 aromatic heterocycles. The zero-order chi connectivity index (χ0) is 26.6. The van der Waals surface area contributed by atoms with Gasteiger partial charge in [0.1, 0.15) is 0 Å². The zero-order valence-electron chi connectivity index (χ0n) is 22.8. The number of ether oxygens (including phenoxy) is 1. The summed E-state index contributed by atoms with van der Waals surface area (Å²) in [5.41, 5.74) is 11.5. The van der Waals surface area contributed by atoms with E-state index in [1.165, 1.54) is 36.0 Å². The first kappa shape index (κ1) is 24.0. The first-order valence-corrected chi connectivity index (χ1v) is 14.6. The van der Waals surface area contributed by atoms with E-state index in [1.54, 1.807) is 0 Å². The molecule has 2 aliphatic heterocycles. The van der Waals surface area contributed by atoms with Gasteiger partial charge in [-0.1, -0.05) is 42.5 Å². The van der Waals surface area contributed by atoms with E-state index in [4.69, 9.17) is 4.74 Å². The average molecular weight is 528 g/mol. The molecule has 5 aromatic rings. The van der Waals surface area contributed by atoms with Gasteiger partial charge in [0.05, 0.1) is 24.6 Å². The highest BCUT2D eigenvalue weighted by Gasteiger charge is 2.45. The Morgan fingerprint density at radius 3 is 2.40 bits per heavy atom. The minimum absolute atomic E-state index is 0.647. The van der Waals surface area contributed by atoms with Crippen molar-refractivity contribution in [2.24, 2.45) is 0 Å². The van der Waals surface area contributed by atoms with E-state index in [2.05, 4.69) is 86.6 Å². The number of H-pyrrole nitrogens is 1. The number of rotatable bonds is 4. The lowest BCUT2D eigenvalue weighted by atomic mass is 9.87. The summed E-state index contributed by atoms with van der Waals surface area (Å²) in [7, 11) is 0. The Kier molecular flexibility index (Phi) is 5.78. The summed E-state index contributed by atoms with van der Waals surface area (Å²) in [5, 5.41) is 10.3. The second-order valence-corrected chi connectivity index (χ2v) is 11.7. The molecule has 2 aromatic carbocycles. The van der Waals surface area contributed by atoms with Crippen LogP contribution in [0.5, 0.6) is 0 Å². The molecular formula is C34H33N5O. The van der Waals surface area contributed by atoms with Gasteiger partial charge in [0.25, 0.3) is 0 Å². The molecule has 1 aliphatic carbocycles. The predicted octanol–water partition coefficient (Wildman–Crippen LogP) is 6.38. The molecule has 6 heteroatoms. The Morgan fingerprint density at radius 2 is 1.60 bits per heavy atom. The van der Waals surface area contributed by atoms with E-state index < -0.39 is 0 Å². The zero-order valence-corrected chi connectivity index (χ0v) is 22.8. The topological polar surface area (TPSA) is 66.9 Å². The number of fused-ring (bicyclic) bond motifs is 4. The van der Waals surface area contributed by atoms with Gasteiger partial charge in [-0.05, 0) is 79.5 Å². The van der Waals surface area contributed by atoms with Crippen LogP contribution in [0.2, 0.25) is 0 Å². The molecule has 0 radical (unpaired) electrons. The first-order valence-electron chi connectivity index (χ1n) is 14.6. The summed E-state index contributed by atoms with van der Waals surface area (Å²) in [6.07, 6.45) is 9.96. The fraction of sp³-hybridized carbons (Fsp3) is 0.324. The highest BCUT2D eigenvalue weighted by atomic mass is 16.5. The van der Waals surface area contributed by atoms with Crippen molar-refractivity contribution in [2.75, 3.05) is 13.2 Å². The van der Waals surface area contributed by atoms with Crippen LogP contribution in [-0.2, 0) is 17.6 Å². The Bertz CT molecular complexity index is 1690. The van der Waals surface area contributed by atoms with Crippen molar-refractivity contribution in [2.45, 2.75) is 57.2 Å². The monoisotopic (exact) mass is 527 g/mol. The number of aromatic nitrogens is 4. The number of hydrogen-bond acceptors (Lipinski definition) is 5. The molecule has 200 valence electrons. The van der Waals surface area contributed by atoms with Gasteiger partial charge in [-0.3, -0.25) is 9.88 Å². The number of aromatic amines is 1. The lowest BCUT2D eigenvalue weighted by Crippen LogP contribution is -2.66. The fourth-order valence-corrected chi connectivity index (χ4v) is 7.21. The molecule has 0 saturated carbocycles. The Hall–Kier alpha value is -3.87. The van der Waals surface area contributed by atoms with Crippen LogP contribution >= 0.6 is 0 Å². The van der Waals surface area contributed by atoms with Crippen molar-refractivity contribution >= 4 is 11.0 Å². The van der Waals surface area contributed by atoms with Crippen molar-refractivity contribution in [1.29, 1.82) is 0 Å². The largest absolute Gasteiger partial charge is 0.378 e. The van der Waals surface area contributed by atoms with Crippen LogP contribution in [0.15, 0.2) is 73.1 Å². The number of morpholine rings is 1. The van der Waals surface area contributed by atoms with Gasteiger partial charge in [-0.2, -0.15) is 0 Å². The summed E-state index contributed by atoms with van der Waals surface area (Å²) < 4.78 is 5.74. The van der Waals surface area contributed by atoms with Crippen molar-refractivity contribution < 1.29 is 4.74 Å². The summed E-state index contributed by atoms with van der Waals surface area (Å²) >= 11 is 0. The summed E-state index contributed by atoms with van der Waals surface area (Å²) in [6, 6.07) is 23.8. The van der Waals surface area contributed by atoms with E-state index in [0.717, 1.165) is 70.7 Å². The van der Waals surface area contributed by atoms with Crippen molar-refractivity contribution in [3.05, 3.63) is 89.7 Å². The molecule has 5 heterocycles. The minimum Gasteiger partial charge on any atom is -0.378 e. The van der Waals surface area contributed by atoms with Crippen molar-refractivity contribution in [3.8, 4) is 33.6 Å². The van der Waals surface area contributed by atoms with Crippen LogP contribution in [-0.4, -0.2) is 56.4 Å². The number of benzene rings is 2. The SMILES string of the molecule is Cc1cccnc1-c1ccc(-c2c[nH]c3nnc(-c4ccc5c(c4)CC[C@@H](N4C6COCC4C6)CC5)cc23)cc1. The highest BCUT2D eigenvalue weighted by molar-refractivity contribution is 5.95. The van der Waals surface area contributed by atoms with E-state index in [1.807, 2.05) is 18.5 Å². The third-order valence-corrected chi connectivity index (χ3v) is 9.34. The lowest BCUT2D eigenvalue weighted by molar-refractivity contribution is -0.148. The van der Waals surface area contributed by atoms with Gasteiger partial charge in [0.2, 0.25) is 0 Å². The second kappa shape index (κ2) is 9.65. The van der Waals surface area contributed by atoms with E-state index in [0.29, 0.717) is 18.1 Å². The number of hydrogen-bond donors (Lipinski definition) is 1. The molecule has 2 saturated heterocycles. The van der Waals surface area contributed by atoms with Crippen LogP contribution in [0.1, 0.15) is 36.0 Å². The molecule has 8 rings (SSSR count). The van der Waals surface area contributed by atoms with Crippen LogP contribution in [0.25, 0.3) is 44.7 Å². The van der Waals surface area contributed by atoms with Crippen LogP contribution < -0.4 is 0 Å². The molecular weight excluding hydrogens is 494 g/mol. The fourth-order valence-electron chi connectivity index (χ4n) is 7.21. The maximum atomic E-state index is 5.74. The Morgan fingerprint density at radius 1 is 0.825 bits per heavy atom. The van der Waals surface area contributed by atoms with E-state index in [-0.39, 0.29) is 0 Å². The molecule has 1 N–H and O–H groups in total. The normalized spacial score (nSPS) is 22.5. The van der Waals surface area contributed by atoms with Gasteiger partial charge in [0, 0.05) is 52.6 Å². The van der Waals surface area contributed by atoms with Crippen molar-refractivity contribution in [3.63, 3.8) is 0 Å². The van der Waals surface area contributed by atoms with E-state index in [9.17, 15) is 0 Å². The molecule has 0 spiro atoms. The van der Waals surface area contributed by atoms with Crippen LogP contribution in [0.3, 0.4) is 0 Å². The highest BCUT2D eigenvalue weighted by Crippen LogP contribution is 2.38. The molecule has 0 amide bonds. The number of nitrogens with zero attached hydrogens (tertiary/aromatic N) is 4. The number of aryl methyl sites for hydroxylation is 3. The molecule has 2 fully saturated rings. The quantitative estimate of drug-likeness (QED) is 0.275. The molecule has 2 unspecified atom stereocenters. The molecule has 3 atom stereocenters. The van der Waals surface area contributed by atoms with Gasteiger partial charge < -0.3 is 9.72 Å². The molecule has 3 aliphatic rings. The minimum atomic E-state index is 0.647.